The predicted octanol–water partition coefficient (Wildman–Crippen LogP) is 2.94. The van der Waals surface area contributed by atoms with Crippen LogP contribution in [-0.2, 0) is 12.0 Å². The van der Waals surface area contributed by atoms with Crippen molar-refractivity contribution in [1.82, 2.24) is 4.90 Å². The average Bonchev–Trinajstić information content (AvgIpc) is 2.54. The zero-order chi connectivity index (χ0) is 13.0. The molecule has 1 unspecified atom stereocenters. The van der Waals surface area contributed by atoms with E-state index in [1.54, 1.807) is 0 Å². The Bertz CT molecular complexity index is 373. The van der Waals surface area contributed by atoms with Crippen molar-refractivity contribution in [3.8, 4) is 0 Å². The van der Waals surface area contributed by atoms with Gasteiger partial charge in [-0.15, -0.1) is 0 Å². The van der Waals surface area contributed by atoms with Crippen molar-refractivity contribution in [2.24, 2.45) is 0 Å². The zero-order valence-corrected chi connectivity index (χ0v) is 11.7. The number of hydrogen-bond acceptors (Lipinski definition) is 2. The lowest BCUT2D eigenvalue weighted by Crippen LogP contribution is -2.27. The molecule has 18 heavy (non-hydrogen) atoms. The minimum Gasteiger partial charge on any atom is -0.385 e. The summed E-state index contributed by atoms with van der Waals surface area (Å²) >= 11 is 0. The zero-order valence-electron chi connectivity index (χ0n) is 11.7. The van der Waals surface area contributed by atoms with E-state index in [1.807, 2.05) is 0 Å². The van der Waals surface area contributed by atoms with Gasteiger partial charge in [-0.1, -0.05) is 37.6 Å². The van der Waals surface area contributed by atoms with Gasteiger partial charge in [0.15, 0.2) is 0 Å². The summed E-state index contributed by atoms with van der Waals surface area (Å²) in [5.41, 5.74) is 1.85. The second-order valence-electron chi connectivity index (χ2n) is 5.64. The van der Waals surface area contributed by atoms with E-state index < -0.39 is 5.60 Å². The summed E-state index contributed by atoms with van der Waals surface area (Å²) in [5, 5.41) is 10.8. The van der Waals surface area contributed by atoms with E-state index in [1.165, 1.54) is 12.0 Å². The lowest BCUT2D eigenvalue weighted by molar-refractivity contribution is 0.0218. The molecule has 100 valence electrons. The normalized spacial score (nSPS) is 25.9. The minimum atomic E-state index is -0.616. The van der Waals surface area contributed by atoms with Gasteiger partial charge >= 0.3 is 0 Å². The van der Waals surface area contributed by atoms with E-state index in [-0.39, 0.29) is 0 Å². The van der Waals surface area contributed by atoms with Gasteiger partial charge in [0.25, 0.3) is 0 Å². The number of benzene rings is 1. The van der Waals surface area contributed by atoms with E-state index in [0.717, 1.165) is 44.3 Å². The van der Waals surface area contributed by atoms with Gasteiger partial charge in [-0.3, -0.25) is 0 Å². The van der Waals surface area contributed by atoms with Crippen LogP contribution in [0.5, 0.6) is 0 Å². The fourth-order valence-corrected chi connectivity index (χ4v) is 2.81. The van der Waals surface area contributed by atoms with Crippen LogP contribution < -0.4 is 0 Å². The smallest absolute Gasteiger partial charge is 0.0909 e. The first-order valence-corrected chi connectivity index (χ1v) is 7.14. The molecule has 1 fully saturated rings. The summed E-state index contributed by atoms with van der Waals surface area (Å²) in [6, 6.07) is 8.59. The third-order valence-electron chi connectivity index (χ3n) is 4.07. The fraction of sp³-hybridized carbons (Fsp3) is 0.625. The molecule has 1 aliphatic rings. The van der Waals surface area contributed by atoms with Crippen LogP contribution >= 0.6 is 0 Å². The van der Waals surface area contributed by atoms with Gasteiger partial charge in [-0.05, 0) is 50.4 Å². The first-order chi connectivity index (χ1) is 8.64. The van der Waals surface area contributed by atoms with Crippen molar-refractivity contribution in [1.29, 1.82) is 0 Å². The third-order valence-corrected chi connectivity index (χ3v) is 4.07. The number of rotatable bonds is 3. The molecule has 1 saturated heterocycles. The monoisotopic (exact) mass is 247 g/mol. The molecule has 0 saturated carbocycles. The highest BCUT2D eigenvalue weighted by molar-refractivity contribution is 5.27. The van der Waals surface area contributed by atoms with Crippen LogP contribution in [0.3, 0.4) is 0 Å². The van der Waals surface area contributed by atoms with E-state index in [9.17, 15) is 5.11 Å². The number of aryl methyl sites for hydroxylation is 1. The number of likely N-dealkylation sites (tertiary alicyclic amines) is 1. The summed E-state index contributed by atoms with van der Waals surface area (Å²) in [5.74, 6) is 0. The molecule has 1 aliphatic heterocycles. The maximum atomic E-state index is 10.8. The number of hydrogen-bond donors (Lipinski definition) is 1. The van der Waals surface area contributed by atoms with E-state index in [0.29, 0.717) is 0 Å². The number of nitrogens with zero attached hydrogens (tertiary/aromatic N) is 1. The minimum absolute atomic E-state index is 0.616. The molecule has 1 aromatic carbocycles. The molecule has 0 bridgehead atoms. The van der Waals surface area contributed by atoms with Gasteiger partial charge in [-0.2, -0.15) is 0 Å². The highest BCUT2D eigenvalue weighted by atomic mass is 16.3. The molecule has 0 aromatic heterocycles. The largest absolute Gasteiger partial charge is 0.385 e. The Morgan fingerprint density at radius 2 is 1.89 bits per heavy atom. The molecule has 2 nitrogen and oxygen atoms in total. The summed E-state index contributed by atoms with van der Waals surface area (Å²) in [4.78, 5) is 2.31. The standard InChI is InChI=1S/C16H25NO/c1-3-5-14-6-8-15(9-7-14)16(18)10-4-12-17(2)13-11-16/h6-9,18H,3-5,10-13H2,1-2H3. The van der Waals surface area contributed by atoms with E-state index in [2.05, 4.69) is 43.1 Å². The van der Waals surface area contributed by atoms with Crippen LogP contribution in [0.2, 0.25) is 0 Å². The molecule has 1 atom stereocenters. The topological polar surface area (TPSA) is 23.5 Å². The van der Waals surface area contributed by atoms with Crippen LogP contribution in [0.25, 0.3) is 0 Å². The summed E-state index contributed by atoms with van der Waals surface area (Å²) in [6.45, 7) is 4.27. The van der Waals surface area contributed by atoms with Crippen molar-refractivity contribution in [2.75, 3.05) is 20.1 Å². The van der Waals surface area contributed by atoms with Crippen molar-refractivity contribution in [3.05, 3.63) is 35.4 Å². The Labute approximate surface area is 111 Å². The van der Waals surface area contributed by atoms with Gasteiger partial charge in [0.05, 0.1) is 5.60 Å². The van der Waals surface area contributed by atoms with E-state index in [4.69, 9.17) is 0 Å². The molecule has 0 radical (unpaired) electrons. The van der Waals surface area contributed by atoms with Gasteiger partial charge in [-0.25, -0.2) is 0 Å². The molecule has 1 aromatic rings. The Morgan fingerprint density at radius 1 is 1.17 bits per heavy atom. The summed E-state index contributed by atoms with van der Waals surface area (Å²) in [6.07, 6.45) is 5.10. The molecule has 2 rings (SSSR count). The maximum Gasteiger partial charge on any atom is 0.0909 e. The lowest BCUT2D eigenvalue weighted by atomic mass is 9.86. The summed E-state index contributed by atoms with van der Waals surface area (Å²) in [7, 11) is 2.14. The van der Waals surface area contributed by atoms with Gasteiger partial charge in [0, 0.05) is 6.54 Å². The van der Waals surface area contributed by atoms with Crippen LogP contribution in [-0.4, -0.2) is 30.1 Å². The molecule has 0 aliphatic carbocycles. The first-order valence-electron chi connectivity index (χ1n) is 7.14. The van der Waals surface area contributed by atoms with Crippen molar-refractivity contribution < 1.29 is 5.11 Å². The molecular formula is C16H25NO. The van der Waals surface area contributed by atoms with Crippen molar-refractivity contribution in [2.45, 2.75) is 44.6 Å². The van der Waals surface area contributed by atoms with Crippen LogP contribution in [0.4, 0.5) is 0 Å². The maximum absolute atomic E-state index is 10.8. The average molecular weight is 247 g/mol. The molecule has 0 amide bonds. The predicted molar refractivity (Wildman–Crippen MR) is 75.7 cm³/mol. The highest BCUT2D eigenvalue weighted by Crippen LogP contribution is 2.32. The van der Waals surface area contributed by atoms with Gasteiger partial charge in [0.2, 0.25) is 0 Å². The molecule has 0 spiro atoms. The van der Waals surface area contributed by atoms with Gasteiger partial charge in [0.1, 0.15) is 0 Å². The van der Waals surface area contributed by atoms with Crippen LogP contribution in [0.15, 0.2) is 24.3 Å². The third kappa shape index (κ3) is 3.12. The molecule has 1 heterocycles. The Balaban J connectivity index is 2.13. The quantitative estimate of drug-likeness (QED) is 0.887. The fourth-order valence-electron chi connectivity index (χ4n) is 2.81. The highest BCUT2D eigenvalue weighted by Gasteiger charge is 2.30. The Kier molecular flexibility index (Phi) is 4.41. The molecular weight excluding hydrogens is 222 g/mol. The van der Waals surface area contributed by atoms with Crippen molar-refractivity contribution in [3.63, 3.8) is 0 Å². The van der Waals surface area contributed by atoms with Gasteiger partial charge < -0.3 is 10.0 Å². The molecule has 2 heteroatoms. The first kappa shape index (κ1) is 13.6. The molecule has 1 N–H and O–H groups in total. The SMILES string of the molecule is CCCc1ccc(C2(O)CCCN(C)CC2)cc1. The lowest BCUT2D eigenvalue weighted by Gasteiger charge is -2.27. The summed E-state index contributed by atoms with van der Waals surface area (Å²) < 4.78 is 0. The second-order valence-corrected chi connectivity index (χ2v) is 5.64. The van der Waals surface area contributed by atoms with Crippen LogP contribution in [0, 0.1) is 0 Å². The Morgan fingerprint density at radius 3 is 2.56 bits per heavy atom. The second kappa shape index (κ2) is 5.85. The number of aliphatic hydroxyl groups is 1. The van der Waals surface area contributed by atoms with Crippen LogP contribution in [0.1, 0.15) is 43.7 Å². The van der Waals surface area contributed by atoms with Crippen molar-refractivity contribution >= 4 is 0 Å². The Hall–Kier alpha value is -0.860. The van der Waals surface area contributed by atoms with E-state index >= 15 is 0 Å².